The van der Waals surface area contributed by atoms with Crippen LogP contribution in [0.5, 0.6) is 0 Å². The number of ether oxygens (including phenoxy) is 1. The summed E-state index contributed by atoms with van der Waals surface area (Å²) < 4.78 is 4.76. The molecule has 90 valence electrons. The Bertz CT molecular complexity index is 576. The first kappa shape index (κ1) is 12.0. The lowest BCUT2D eigenvalue weighted by molar-refractivity contribution is 0.0600. The number of aromatic nitrogens is 1. The van der Waals surface area contributed by atoms with Crippen LogP contribution >= 0.6 is 0 Å². The van der Waals surface area contributed by atoms with Crippen molar-refractivity contribution in [3.05, 3.63) is 72.1 Å². The molecule has 0 N–H and O–H groups in total. The second-order valence-corrected chi connectivity index (χ2v) is 3.76. The average molecular weight is 239 g/mol. The van der Waals surface area contributed by atoms with E-state index in [9.17, 15) is 4.79 Å². The number of carbonyl (C=O) groups is 1. The fourth-order valence-corrected chi connectivity index (χ4v) is 1.72. The van der Waals surface area contributed by atoms with Crippen LogP contribution in [0.25, 0.3) is 5.57 Å². The van der Waals surface area contributed by atoms with Crippen molar-refractivity contribution in [2.45, 2.75) is 0 Å². The van der Waals surface area contributed by atoms with Crippen LogP contribution in [-0.2, 0) is 4.74 Å². The molecule has 2 aromatic rings. The first-order valence-corrected chi connectivity index (χ1v) is 5.51. The van der Waals surface area contributed by atoms with Crippen molar-refractivity contribution in [3.63, 3.8) is 0 Å². The number of carbonyl (C=O) groups excluding carboxylic acids is 1. The second-order valence-electron chi connectivity index (χ2n) is 3.76. The smallest absolute Gasteiger partial charge is 0.338 e. The van der Waals surface area contributed by atoms with Crippen LogP contribution in [0.15, 0.2) is 55.4 Å². The molecule has 0 aliphatic rings. The fraction of sp³-hybridized carbons (Fsp3) is 0.0667. The zero-order chi connectivity index (χ0) is 13.0. The summed E-state index contributed by atoms with van der Waals surface area (Å²) in [6.07, 6.45) is 3.19. The van der Waals surface area contributed by atoms with Crippen molar-refractivity contribution < 1.29 is 9.53 Å². The van der Waals surface area contributed by atoms with Gasteiger partial charge in [0.1, 0.15) is 0 Å². The molecule has 0 atom stereocenters. The Hall–Kier alpha value is -2.42. The monoisotopic (exact) mass is 239 g/mol. The predicted octanol–water partition coefficient (Wildman–Crippen LogP) is 2.93. The molecule has 0 amide bonds. The summed E-state index contributed by atoms with van der Waals surface area (Å²) >= 11 is 0. The van der Waals surface area contributed by atoms with E-state index in [-0.39, 0.29) is 5.97 Å². The molecular weight excluding hydrogens is 226 g/mol. The summed E-state index contributed by atoms with van der Waals surface area (Å²) in [5, 5.41) is 0. The van der Waals surface area contributed by atoms with Gasteiger partial charge in [-0.1, -0.05) is 36.9 Å². The van der Waals surface area contributed by atoms with Gasteiger partial charge in [-0.3, -0.25) is 4.98 Å². The van der Waals surface area contributed by atoms with Gasteiger partial charge in [-0.15, -0.1) is 0 Å². The van der Waals surface area contributed by atoms with Gasteiger partial charge in [-0.25, -0.2) is 4.79 Å². The number of pyridine rings is 1. The number of benzene rings is 1. The van der Waals surface area contributed by atoms with E-state index in [4.69, 9.17) is 4.74 Å². The molecule has 0 bridgehead atoms. The van der Waals surface area contributed by atoms with Crippen LogP contribution < -0.4 is 0 Å². The highest BCUT2D eigenvalue weighted by atomic mass is 16.5. The van der Waals surface area contributed by atoms with Gasteiger partial charge in [0, 0.05) is 18.0 Å². The van der Waals surface area contributed by atoms with Crippen molar-refractivity contribution >= 4 is 11.5 Å². The minimum absolute atomic E-state index is 0.385. The van der Waals surface area contributed by atoms with Crippen molar-refractivity contribution in [3.8, 4) is 0 Å². The first-order chi connectivity index (χ1) is 8.74. The van der Waals surface area contributed by atoms with E-state index >= 15 is 0 Å². The van der Waals surface area contributed by atoms with Crippen molar-refractivity contribution in [2.24, 2.45) is 0 Å². The quantitative estimate of drug-likeness (QED) is 0.773. The maximum absolute atomic E-state index is 11.7. The van der Waals surface area contributed by atoms with Crippen LogP contribution in [0.2, 0.25) is 0 Å². The highest BCUT2D eigenvalue weighted by Crippen LogP contribution is 2.24. The van der Waals surface area contributed by atoms with E-state index < -0.39 is 0 Å². The summed E-state index contributed by atoms with van der Waals surface area (Å²) in [6.45, 7) is 4.02. The van der Waals surface area contributed by atoms with Gasteiger partial charge in [0.15, 0.2) is 0 Å². The van der Waals surface area contributed by atoms with Gasteiger partial charge in [0.2, 0.25) is 0 Å². The van der Waals surface area contributed by atoms with Crippen molar-refractivity contribution in [1.29, 1.82) is 0 Å². The summed E-state index contributed by atoms with van der Waals surface area (Å²) in [7, 11) is 1.36. The van der Waals surface area contributed by atoms with Crippen molar-refractivity contribution in [2.75, 3.05) is 7.11 Å². The van der Waals surface area contributed by atoms with Gasteiger partial charge in [0.05, 0.1) is 12.7 Å². The summed E-state index contributed by atoms with van der Waals surface area (Å²) in [4.78, 5) is 15.7. The molecule has 1 heterocycles. The largest absolute Gasteiger partial charge is 0.465 e. The van der Waals surface area contributed by atoms with E-state index in [0.717, 1.165) is 11.1 Å². The fourth-order valence-electron chi connectivity index (χ4n) is 1.72. The summed E-state index contributed by atoms with van der Waals surface area (Å²) in [6, 6.07) is 11.3. The Labute approximate surface area is 106 Å². The number of hydrogen-bond acceptors (Lipinski definition) is 3. The maximum Gasteiger partial charge on any atom is 0.338 e. The lowest BCUT2D eigenvalue weighted by Gasteiger charge is -2.10. The molecule has 0 radical (unpaired) electrons. The minimum Gasteiger partial charge on any atom is -0.465 e. The van der Waals surface area contributed by atoms with Crippen LogP contribution in [0.3, 0.4) is 0 Å². The molecule has 0 spiro atoms. The van der Waals surface area contributed by atoms with Crippen LogP contribution in [-0.4, -0.2) is 18.1 Å². The number of hydrogen-bond donors (Lipinski definition) is 0. The van der Waals surface area contributed by atoms with E-state index in [0.29, 0.717) is 11.1 Å². The van der Waals surface area contributed by atoms with Gasteiger partial charge < -0.3 is 4.74 Å². The van der Waals surface area contributed by atoms with Gasteiger partial charge in [0.25, 0.3) is 0 Å². The van der Waals surface area contributed by atoms with Gasteiger partial charge in [-0.2, -0.15) is 0 Å². The number of rotatable bonds is 3. The molecule has 2 rings (SSSR count). The lowest BCUT2D eigenvalue weighted by Crippen LogP contribution is -2.06. The average Bonchev–Trinajstić information content (AvgIpc) is 2.46. The van der Waals surface area contributed by atoms with E-state index in [1.165, 1.54) is 7.11 Å². The molecule has 1 aromatic heterocycles. The third kappa shape index (κ3) is 2.30. The number of methoxy groups -OCH3 is 1. The zero-order valence-electron chi connectivity index (χ0n) is 10.1. The Morgan fingerprint density at radius 3 is 2.56 bits per heavy atom. The Morgan fingerprint density at radius 1 is 1.17 bits per heavy atom. The number of nitrogens with zero attached hydrogens (tertiary/aromatic N) is 1. The normalized spacial score (nSPS) is 9.83. The minimum atomic E-state index is -0.385. The SMILES string of the molecule is C=C(c1ccccc1)c1cnccc1C(=O)OC. The highest BCUT2D eigenvalue weighted by Gasteiger charge is 2.14. The van der Waals surface area contributed by atoms with Gasteiger partial charge in [-0.05, 0) is 17.2 Å². The molecule has 0 aliphatic heterocycles. The topological polar surface area (TPSA) is 39.2 Å². The summed E-state index contributed by atoms with van der Waals surface area (Å²) in [5.41, 5.74) is 2.87. The molecular formula is C15H13NO2. The van der Waals surface area contributed by atoms with E-state index in [1.807, 2.05) is 30.3 Å². The Kier molecular flexibility index (Phi) is 3.53. The molecule has 0 aliphatic carbocycles. The number of esters is 1. The van der Waals surface area contributed by atoms with E-state index in [2.05, 4.69) is 11.6 Å². The Morgan fingerprint density at radius 2 is 1.89 bits per heavy atom. The lowest BCUT2D eigenvalue weighted by atomic mass is 9.97. The predicted molar refractivity (Wildman–Crippen MR) is 70.2 cm³/mol. The first-order valence-electron chi connectivity index (χ1n) is 5.51. The highest BCUT2D eigenvalue weighted by molar-refractivity contribution is 5.97. The molecule has 0 unspecified atom stereocenters. The third-order valence-corrected chi connectivity index (χ3v) is 2.67. The van der Waals surface area contributed by atoms with E-state index in [1.54, 1.807) is 18.5 Å². The summed E-state index contributed by atoms with van der Waals surface area (Å²) in [5.74, 6) is -0.385. The van der Waals surface area contributed by atoms with Crippen LogP contribution in [0.4, 0.5) is 0 Å². The molecule has 0 fully saturated rings. The van der Waals surface area contributed by atoms with Crippen molar-refractivity contribution in [1.82, 2.24) is 4.98 Å². The van der Waals surface area contributed by atoms with Crippen LogP contribution in [0, 0.1) is 0 Å². The van der Waals surface area contributed by atoms with Gasteiger partial charge >= 0.3 is 5.97 Å². The molecule has 0 saturated heterocycles. The standard InChI is InChI=1S/C15H13NO2/c1-11(12-6-4-3-5-7-12)14-10-16-9-8-13(14)15(17)18-2/h3-10H,1H2,2H3. The molecule has 0 saturated carbocycles. The molecule has 3 heteroatoms. The molecule has 18 heavy (non-hydrogen) atoms. The molecule has 1 aromatic carbocycles. The second kappa shape index (κ2) is 5.27. The third-order valence-electron chi connectivity index (χ3n) is 2.67. The maximum atomic E-state index is 11.7. The van der Waals surface area contributed by atoms with Crippen LogP contribution in [0.1, 0.15) is 21.5 Å². The zero-order valence-corrected chi connectivity index (χ0v) is 10.1. The molecule has 3 nitrogen and oxygen atoms in total. The Balaban J connectivity index is 2.46.